The number of hydrogen-bond acceptors (Lipinski definition) is 7. The van der Waals surface area contributed by atoms with E-state index >= 15 is 0 Å². The molecule has 1 atom stereocenters. The van der Waals surface area contributed by atoms with Crippen LogP contribution < -0.4 is 14.4 Å². The fourth-order valence-electron chi connectivity index (χ4n) is 5.25. The summed E-state index contributed by atoms with van der Waals surface area (Å²) in [4.78, 5) is 39.5. The first kappa shape index (κ1) is 35.3. The van der Waals surface area contributed by atoms with Crippen LogP contribution in [0, 0.1) is 17.0 Å². The Morgan fingerprint density at radius 3 is 2.33 bits per heavy atom. The van der Waals surface area contributed by atoms with E-state index in [9.17, 15) is 28.1 Å². The zero-order valence-corrected chi connectivity index (χ0v) is 28.4. The predicted octanol–water partition coefficient (Wildman–Crippen LogP) is 6.54. The Morgan fingerprint density at radius 2 is 1.70 bits per heavy atom. The maximum atomic E-state index is 14.3. The average Bonchev–Trinajstić information content (AvgIpc) is 3.52. The van der Waals surface area contributed by atoms with Crippen LogP contribution >= 0.6 is 34.8 Å². The van der Waals surface area contributed by atoms with Crippen LogP contribution in [-0.2, 0) is 26.2 Å². The molecular weight excluding hydrogens is 679 g/mol. The van der Waals surface area contributed by atoms with E-state index in [4.69, 9.17) is 39.5 Å². The molecule has 1 aliphatic carbocycles. The number of nitro groups is 1. The van der Waals surface area contributed by atoms with E-state index in [2.05, 4.69) is 5.32 Å². The predicted molar refractivity (Wildman–Crippen MR) is 177 cm³/mol. The van der Waals surface area contributed by atoms with Gasteiger partial charge in [0, 0.05) is 39.3 Å². The Bertz CT molecular complexity index is 1750. The van der Waals surface area contributed by atoms with E-state index in [0.717, 1.165) is 36.1 Å². The number of rotatable bonds is 12. The molecule has 11 nitrogen and oxygen atoms in total. The number of sulfonamides is 1. The van der Waals surface area contributed by atoms with Crippen molar-refractivity contribution >= 4 is 68.0 Å². The SMILES string of the molecule is COc1ccc(Cl)cc1N(CC(=O)N(Cc1ccc(Cl)cc1Cl)[C@@H](C)C(=O)NC1CCCC1)S(=O)(=O)c1ccc(C)c([N+](=O)[O-])c1. The van der Waals surface area contributed by atoms with Crippen LogP contribution in [0.2, 0.25) is 15.1 Å². The van der Waals surface area contributed by atoms with Crippen molar-refractivity contribution in [2.24, 2.45) is 0 Å². The van der Waals surface area contributed by atoms with Gasteiger partial charge in [0.05, 0.1) is 22.6 Å². The molecule has 0 aliphatic heterocycles. The number of ether oxygens (including phenoxy) is 1. The summed E-state index contributed by atoms with van der Waals surface area (Å²) in [6.45, 7) is 2.07. The molecule has 46 heavy (non-hydrogen) atoms. The molecule has 2 amide bonds. The lowest BCUT2D eigenvalue weighted by Gasteiger charge is -2.33. The Kier molecular flexibility index (Phi) is 11.4. The zero-order chi connectivity index (χ0) is 33.8. The number of halogens is 3. The summed E-state index contributed by atoms with van der Waals surface area (Å²) in [5.74, 6) is -1.09. The first-order valence-electron chi connectivity index (χ1n) is 14.4. The first-order valence-corrected chi connectivity index (χ1v) is 17.0. The smallest absolute Gasteiger partial charge is 0.273 e. The number of amides is 2. The van der Waals surface area contributed by atoms with Crippen LogP contribution in [0.5, 0.6) is 5.75 Å². The molecule has 0 heterocycles. The van der Waals surface area contributed by atoms with Crippen molar-refractivity contribution in [3.63, 3.8) is 0 Å². The third-order valence-electron chi connectivity index (χ3n) is 7.88. The minimum atomic E-state index is -4.66. The van der Waals surface area contributed by atoms with E-state index in [1.54, 1.807) is 19.1 Å². The molecular formula is C31H33Cl3N4O7S. The molecule has 3 aromatic carbocycles. The van der Waals surface area contributed by atoms with Crippen molar-refractivity contribution in [2.75, 3.05) is 18.0 Å². The minimum absolute atomic E-state index is 0.0315. The van der Waals surface area contributed by atoms with Gasteiger partial charge in [-0.15, -0.1) is 0 Å². The molecule has 0 radical (unpaired) electrons. The molecule has 1 fully saturated rings. The summed E-state index contributed by atoms with van der Waals surface area (Å²) in [6.07, 6.45) is 3.60. The van der Waals surface area contributed by atoms with Gasteiger partial charge in [-0.2, -0.15) is 0 Å². The van der Waals surface area contributed by atoms with Gasteiger partial charge in [0.1, 0.15) is 18.3 Å². The fourth-order valence-corrected chi connectivity index (χ4v) is 7.32. The van der Waals surface area contributed by atoms with Crippen molar-refractivity contribution in [1.82, 2.24) is 10.2 Å². The highest BCUT2D eigenvalue weighted by Gasteiger charge is 2.35. The second-order valence-electron chi connectivity index (χ2n) is 11.0. The number of anilines is 1. The summed E-state index contributed by atoms with van der Waals surface area (Å²) >= 11 is 18.8. The van der Waals surface area contributed by atoms with Gasteiger partial charge in [0.2, 0.25) is 11.8 Å². The van der Waals surface area contributed by atoms with Gasteiger partial charge in [-0.05, 0) is 68.7 Å². The van der Waals surface area contributed by atoms with Gasteiger partial charge in [-0.25, -0.2) is 8.42 Å². The molecule has 0 saturated heterocycles. The van der Waals surface area contributed by atoms with Crippen LogP contribution in [0.25, 0.3) is 0 Å². The summed E-state index contributed by atoms with van der Waals surface area (Å²) in [5, 5.41) is 15.4. The quantitative estimate of drug-likeness (QED) is 0.166. The lowest BCUT2D eigenvalue weighted by Crippen LogP contribution is -2.52. The summed E-state index contributed by atoms with van der Waals surface area (Å²) < 4.78 is 34.7. The van der Waals surface area contributed by atoms with Gasteiger partial charge in [0.15, 0.2) is 0 Å². The Morgan fingerprint density at radius 1 is 1.04 bits per heavy atom. The second kappa shape index (κ2) is 14.9. The van der Waals surface area contributed by atoms with Crippen molar-refractivity contribution in [3.05, 3.63) is 90.9 Å². The molecule has 0 aromatic heterocycles. The van der Waals surface area contributed by atoms with Crippen molar-refractivity contribution in [3.8, 4) is 5.75 Å². The van der Waals surface area contributed by atoms with Crippen LogP contribution in [0.4, 0.5) is 11.4 Å². The second-order valence-corrected chi connectivity index (χ2v) is 14.1. The van der Waals surface area contributed by atoms with Crippen LogP contribution in [0.1, 0.15) is 43.7 Å². The van der Waals surface area contributed by atoms with Gasteiger partial charge < -0.3 is 15.0 Å². The van der Waals surface area contributed by atoms with Crippen LogP contribution in [-0.4, -0.2) is 55.8 Å². The number of nitrogens with one attached hydrogen (secondary N) is 1. The molecule has 1 aliphatic rings. The third-order valence-corrected chi connectivity index (χ3v) is 10.5. The van der Waals surface area contributed by atoms with Gasteiger partial charge >= 0.3 is 0 Å². The molecule has 3 aromatic rings. The standard InChI is InChI=1S/C31H33Cl3N4O7S/c1-19-8-12-25(16-27(19)38(41)42)46(43,44)37(28-15-23(33)11-13-29(28)45-3)18-30(39)36(17-21-9-10-22(32)14-26(21)34)20(2)31(40)35-24-6-4-5-7-24/h8-16,20,24H,4-7,17-18H2,1-3H3,(H,35,40)/t20-/m0/s1. The summed E-state index contributed by atoms with van der Waals surface area (Å²) in [7, 11) is -3.34. The van der Waals surface area contributed by atoms with E-state index in [0.29, 0.717) is 10.6 Å². The van der Waals surface area contributed by atoms with Gasteiger partial charge in [-0.1, -0.05) is 59.8 Å². The van der Waals surface area contributed by atoms with Crippen molar-refractivity contribution in [1.29, 1.82) is 0 Å². The van der Waals surface area contributed by atoms with E-state index < -0.39 is 49.9 Å². The normalized spacial score (nSPS) is 14.0. The fraction of sp³-hybridized carbons (Fsp3) is 0.355. The van der Waals surface area contributed by atoms with Crippen LogP contribution in [0.15, 0.2) is 59.5 Å². The summed E-state index contributed by atoms with van der Waals surface area (Å²) in [6, 6.07) is 11.3. The molecule has 1 saturated carbocycles. The third kappa shape index (κ3) is 8.03. The topological polar surface area (TPSA) is 139 Å². The van der Waals surface area contributed by atoms with E-state index in [-0.39, 0.29) is 39.6 Å². The molecule has 0 spiro atoms. The lowest BCUT2D eigenvalue weighted by atomic mass is 10.1. The lowest BCUT2D eigenvalue weighted by molar-refractivity contribution is -0.385. The number of benzene rings is 3. The molecule has 246 valence electrons. The highest BCUT2D eigenvalue weighted by Crippen LogP contribution is 2.36. The number of methoxy groups -OCH3 is 1. The maximum absolute atomic E-state index is 14.3. The number of carbonyl (C=O) groups excluding carboxylic acids is 2. The van der Waals surface area contributed by atoms with E-state index in [1.807, 2.05) is 0 Å². The Hall–Kier alpha value is -3.58. The zero-order valence-electron chi connectivity index (χ0n) is 25.3. The Labute approximate surface area is 282 Å². The number of aryl methyl sites for hydroxylation is 1. The van der Waals surface area contributed by atoms with Crippen LogP contribution in [0.3, 0.4) is 0 Å². The average molecular weight is 712 g/mol. The molecule has 1 N–H and O–H groups in total. The van der Waals surface area contributed by atoms with Gasteiger partial charge in [0.25, 0.3) is 15.7 Å². The van der Waals surface area contributed by atoms with Gasteiger partial charge in [-0.3, -0.25) is 24.0 Å². The summed E-state index contributed by atoms with van der Waals surface area (Å²) in [5.41, 5.74) is 0.226. The number of nitro benzene ring substituents is 1. The molecule has 0 bridgehead atoms. The maximum Gasteiger partial charge on any atom is 0.273 e. The highest BCUT2D eigenvalue weighted by atomic mass is 35.5. The number of nitrogens with zero attached hydrogens (tertiary/aromatic N) is 3. The number of carbonyl (C=O) groups is 2. The van der Waals surface area contributed by atoms with E-state index in [1.165, 1.54) is 55.3 Å². The molecule has 4 rings (SSSR count). The van der Waals surface area contributed by atoms with Crippen molar-refractivity contribution in [2.45, 2.75) is 63.1 Å². The Balaban J connectivity index is 1.80. The minimum Gasteiger partial charge on any atom is -0.495 e. The van der Waals surface area contributed by atoms with Crippen molar-refractivity contribution < 1.29 is 27.7 Å². The highest BCUT2D eigenvalue weighted by molar-refractivity contribution is 7.92. The largest absolute Gasteiger partial charge is 0.495 e. The molecule has 15 heteroatoms. The molecule has 0 unspecified atom stereocenters. The monoisotopic (exact) mass is 710 g/mol. The number of hydrogen-bond donors (Lipinski definition) is 1. The first-order chi connectivity index (χ1) is 21.7.